The molecule has 7 heteroatoms. The number of hydrogen-bond donors (Lipinski definition) is 0. The van der Waals surface area contributed by atoms with Crippen LogP contribution < -0.4 is 9.64 Å². The van der Waals surface area contributed by atoms with Gasteiger partial charge in [-0.2, -0.15) is 4.98 Å². The van der Waals surface area contributed by atoms with E-state index in [4.69, 9.17) is 20.9 Å². The Morgan fingerprint density at radius 2 is 2.07 bits per heavy atom. The van der Waals surface area contributed by atoms with Crippen LogP contribution in [-0.4, -0.2) is 29.2 Å². The number of rotatable bonds is 5. The Balaban J connectivity index is 1.60. The fraction of sp³-hybridized carbons (Fsp3) is 0.286. The van der Waals surface area contributed by atoms with Crippen LogP contribution in [0, 0.1) is 6.92 Å². The Morgan fingerprint density at radius 3 is 2.86 bits per heavy atom. The first-order chi connectivity index (χ1) is 13.6. The molecule has 3 aromatic rings. The third kappa shape index (κ3) is 3.36. The standard InChI is InChI=1S/C21H20ClN3O3/c1-3-27-17-10-5-4-8-15(17)21-23-20(24-28-21)14-11-18(26)25(12-14)19-13(2)7-6-9-16(19)22/h4-10,14H,3,11-12H2,1-2H3. The molecule has 0 saturated carbocycles. The number of anilines is 1. The lowest BCUT2D eigenvalue weighted by molar-refractivity contribution is -0.117. The minimum Gasteiger partial charge on any atom is -0.493 e. The fourth-order valence-electron chi connectivity index (χ4n) is 3.50. The Morgan fingerprint density at radius 1 is 1.25 bits per heavy atom. The van der Waals surface area contributed by atoms with Crippen molar-refractivity contribution in [2.24, 2.45) is 0 Å². The smallest absolute Gasteiger partial charge is 0.261 e. The largest absolute Gasteiger partial charge is 0.493 e. The number of para-hydroxylation sites is 2. The molecule has 1 aliphatic heterocycles. The van der Waals surface area contributed by atoms with Gasteiger partial charge in [-0.05, 0) is 37.6 Å². The van der Waals surface area contributed by atoms with Crippen LogP contribution in [-0.2, 0) is 4.79 Å². The second kappa shape index (κ2) is 7.64. The summed E-state index contributed by atoms with van der Waals surface area (Å²) in [7, 11) is 0. The maximum atomic E-state index is 12.6. The Kier molecular flexibility index (Phi) is 5.05. The van der Waals surface area contributed by atoms with Crippen molar-refractivity contribution in [2.75, 3.05) is 18.1 Å². The number of aryl methyl sites for hydroxylation is 1. The summed E-state index contributed by atoms with van der Waals surface area (Å²) in [6, 6.07) is 13.1. The van der Waals surface area contributed by atoms with E-state index in [1.54, 1.807) is 11.0 Å². The zero-order valence-electron chi connectivity index (χ0n) is 15.7. The van der Waals surface area contributed by atoms with Gasteiger partial charge in [0.05, 0.1) is 22.9 Å². The van der Waals surface area contributed by atoms with Gasteiger partial charge in [0.1, 0.15) is 5.75 Å². The van der Waals surface area contributed by atoms with Gasteiger partial charge in [0.25, 0.3) is 5.89 Å². The molecule has 28 heavy (non-hydrogen) atoms. The molecule has 2 aromatic carbocycles. The molecule has 4 rings (SSSR count). The summed E-state index contributed by atoms with van der Waals surface area (Å²) in [5.41, 5.74) is 2.45. The Bertz CT molecular complexity index is 997. The van der Waals surface area contributed by atoms with E-state index in [9.17, 15) is 4.79 Å². The highest BCUT2D eigenvalue weighted by molar-refractivity contribution is 6.34. The number of benzene rings is 2. The molecule has 1 unspecified atom stereocenters. The van der Waals surface area contributed by atoms with E-state index in [1.165, 1.54) is 0 Å². The van der Waals surface area contributed by atoms with Crippen LogP contribution in [0.1, 0.15) is 30.7 Å². The lowest BCUT2D eigenvalue weighted by Gasteiger charge is -2.20. The number of carbonyl (C=O) groups excluding carboxylic acids is 1. The van der Waals surface area contributed by atoms with Crippen LogP contribution >= 0.6 is 11.6 Å². The van der Waals surface area contributed by atoms with E-state index in [0.29, 0.717) is 42.1 Å². The summed E-state index contributed by atoms with van der Waals surface area (Å²) in [4.78, 5) is 18.9. The summed E-state index contributed by atoms with van der Waals surface area (Å²) in [5.74, 6) is 1.44. The van der Waals surface area contributed by atoms with Crippen LogP contribution in [0.15, 0.2) is 47.0 Å². The predicted octanol–water partition coefficient (Wildman–Crippen LogP) is 4.62. The first-order valence-corrected chi connectivity index (χ1v) is 9.57. The van der Waals surface area contributed by atoms with E-state index in [2.05, 4.69) is 10.1 Å². The van der Waals surface area contributed by atoms with Crippen LogP contribution in [0.2, 0.25) is 5.02 Å². The van der Waals surface area contributed by atoms with Crippen molar-refractivity contribution in [3.05, 3.63) is 58.9 Å². The molecule has 6 nitrogen and oxygen atoms in total. The normalized spacial score (nSPS) is 16.6. The van der Waals surface area contributed by atoms with Crippen molar-refractivity contribution in [2.45, 2.75) is 26.2 Å². The second-order valence-electron chi connectivity index (χ2n) is 6.70. The molecule has 0 spiro atoms. The minimum atomic E-state index is -0.153. The van der Waals surface area contributed by atoms with Crippen molar-refractivity contribution in [1.29, 1.82) is 0 Å². The summed E-state index contributed by atoms with van der Waals surface area (Å²) < 4.78 is 11.1. The number of halogens is 1. The highest BCUT2D eigenvalue weighted by Gasteiger charge is 2.36. The Labute approximate surface area is 168 Å². The summed E-state index contributed by atoms with van der Waals surface area (Å²) >= 11 is 6.34. The highest BCUT2D eigenvalue weighted by Crippen LogP contribution is 2.37. The van der Waals surface area contributed by atoms with E-state index in [-0.39, 0.29) is 11.8 Å². The summed E-state index contributed by atoms with van der Waals surface area (Å²) in [5, 5.41) is 4.69. The average Bonchev–Trinajstić information content (AvgIpc) is 3.30. The first-order valence-electron chi connectivity index (χ1n) is 9.19. The van der Waals surface area contributed by atoms with Gasteiger partial charge in [-0.3, -0.25) is 4.79 Å². The molecule has 0 aliphatic carbocycles. The molecule has 0 bridgehead atoms. The number of hydrogen-bond acceptors (Lipinski definition) is 5. The van der Waals surface area contributed by atoms with Crippen LogP contribution in [0.4, 0.5) is 5.69 Å². The van der Waals surface area contributed by atoms with Crippen molar-refractivity contribution in [1.82, 2.24) is 10.1 Å². The molecule has 0 radical (unpaired) electrons. The molecule has 1 amide bonds. The maximum absolute atomic E-state index is 12.6. The number of aromatic nitrogens is 2. The number of nitrogens with zero attached hydrogens (tertiary/aromatic N) is 3. The van der Waals surface area contributed by atoms with Gasteiger partial charge in [-0.15, -0.1) is 0 Å². The zero-order chi connectivity index (χ0) is 19.7. The van der Waals surface area contributed by atoms with E-state index in [1.807, 2.05) is 50.2 Å². The molecule has 1 fully saturated rings. The topological polar surface area (TPSA) is 68.5 Å². The van der Waals surface area contributed by atoms with Crippen LogP contribution in [0.3, 0.4) is 0 Å². The minimum absolute atomic E-state index is 0.00210. The van der Waals surface area contributed by atoms with Gasteiger partial charge in [-0.25, -0.2) is 0 Å². The molecular weight excluding hydrogens is 378 g/mol. The predicted molar refractivity (Wildman–Crippen MR) is 107 cm³/mol. The molecule has 1 atom stereocenters. The van der Waals surface area contributed by atoms with Gasteiger partial charge >= 0.3 is 0 Å². The second-order valence-corrected chi connectivity index (χ2v) is 7.10. The van der Waals surface area contributed by atoms with Gasteiger partial charge in [0.15, 0.2) is 5.82 Å². The first kappa shape index (κ1) is 18.5. The molecule has 1 aliphatic rings. The van der Waals surface area contributed by atoms with Gasteiger partial charge < -0.3 is 14.2 Å². The monoisotopic (exact) mass is 397 g/mol. The molecule has 2 heterocycles. The fourth-order valence-corrected chi connectivity index (χ4v) is 3.82. The highest BCUT2D eigenvalue weighted by atomic mass is 35.5. The quantitative estimate of drug-likeness (QED) is 0.628. The third-order valence-electron chi connectivity index (χ3n) is 4.81. The molecule has 1 saturated heterocycles. The van der Waals surface area contributed by atoms with Crippen LogP contribution in [0.5, 0.6) is 5.75 Å². The molecule has 1 aromatic heterocycles. The van der Waals surface area contributed by atoms with Crippen molar-refractivity contribution in [3.8, 4) is 17.2 Å². The summed E-state index contributed by atoms with van der Waals surface area (Å²) in [6.45, 7) is 4.88. The van der Waals surface area contributed by atoms with E-state index < -0.39 is 0 Å². The average molecular weight is 398 g/mol. The molecule has 144 valence electrons. The van der Waals surface area contributed by atoms with Crippen molar-refractivity contribution < 1.29 is 14.1 Å². The summed E-state index contributed by atoms with van der Waals surface area (Å²) in [6.07, 6.45) is 0.316. The lowest BCUT2D eigenvalue weighted by atomic mass is 10.1. The van der Waals surface area contributed by atoms with Crippen molar-refractivity contribution in [3.63, 3.8) is 0 Å². The van der Waals surface area contributed by atoms with Crippen LogP contribution in [0.25, 0.3) is 11.5 Å². The zero-order valence-corrected chi connectivity index (χ0v) is 16.4. The van der Waals surface area contributed by atoms with Gasteiger partial charge in [0.2, 0.25) is 5.91 Å². The number of carbonyl (C=O) groups is 1. The third-order valence-corrected chi connectivity index (χ3v) is 5.11. The maximum Gasteiger partial charge on any atom is 0.261 e. The van der Waals surface area contributed by atoms with Gasteiger partial charge in [0, 0.05) is 18.9 Å². The Hall–Kier alpha value is -2.86. The van der Waals surface area contributed by atoms with Crippen molar-refractivity contribution >= 4 is 23.2 Å². The number of amides is 1. The number of ether oxygens (including phenoxy) is 1. The SMILES string of the molecule is CCOc1ccccc1-c1nc(C2CC(=O)N(c3c(C)cccc3Cl)C2)no1. The van der Waals surface area contributed by atoms with Gasteiger partial charge in [-0.1, -0.05) is 41.0 Å². The van der Waals surface area contributed by atoms with E-state index >= 15 is 0 Å². The van der Waals surface area contributed by atoms with E-state index in [0.717, 1.165) is 16.8 Å². The lowest BCUT2D eigenvalue weighted by Crippen LogP contribution is -2.25. The molecule has 0 N–H and O–H groups in total. The molecular formula is C21H20ClN3O3.